The standard InChI is InChI=1S/C17H15BrClFN4O2S/c1-2-7-24-16(13-5-6-14(18)26-13)22-23-17(24)27-9-15(25)21-10-3-4-12(20)11(19)8-10/h3-6,8H,2,7,9H2,1H3,(H,21,25). The summed E-state index contributed by atoms with van der Waals surface area (Å²) < 4.78 is 21.3. The maximum atomic E-state index is 13.2. The van der Waals surface area contributed by atoms with E-state index in [-0.39, 0.29) is 16.7 Å². The molecule has 3 aromatic rings. The molecule has 0 aliphatic carbocycles. The molecule has 2 heterocycles. The minimum Gasteiger partial charge on any atom is -0.446 e. The number of furan rings is 1. The molecular formula is C17H15BrClFN4O2S. The largest absolute Gasteiger partial charge is 0.446 e. The smallest absolute Gasteiger partial charge is 0.234 e. The Bertz CT molecular complexity index is 962. The minimum absolute atomic E-state index is 0.0441. The lowest BCUT2D eigenvalue weighted by Crippen LogP contribution is -2.14. The molecule has 1 aromatic carbocycles. The molecule has 0 aliphatic rings. The van der Waals surface area contributed by atoms with E-state index in [0.717, 1.165) is 6.42 Å². The number of aromatic nitrogens is 3. The summed E-state index contributed by atoms with van der Waals surface area (Å²) in [5.41, 5.74) is 0.433. The molecule has 0 unspecified atom stereocenters. The molecule has 142 valence electrons. The SMILES string of the molecule is CCCn1c(SCC(=O)Nc2ccc(F)c(Cl)c2)nnc1-c1ccc(Br)o1. The van der Waals surface area contributed by atoms with Crippen LogP contribution in [0.1, 0.15) is 13.3 Å². The van der Waals surface area contributed by atoms with Crippen molar-refractivity contribution in [3.05, 3.63) is 45.8 Å². The molecule has 0 aliphatic heterocycles. The lowest BCUT2D eigenvalue weighted by molar-refractivity contribution is -0.113. The van der Waals surface area contributed by atoms with Gasteiger partial charge in [0, 0.05) is 12.2 Å². The fourth-order valence-corrected chi connectivity index (χ4v) is 3.59. The minimum atomic E-state index is -0.534. The van der Waals surface area contributed by atoms with Crippen LogP contribution in [0.3, 0.4) is 0 Å². The van der Waals surface area contributed by atoms with E-state index in [4.69, 9.17) is 16.0 Å². The summed E-state index contributed by atoms with van der Waals surface area (Å²) in [6.45, 7) is 2.74. The Morgan fingerprint density at radius 2 is 2.19 bits per heavy atom. The first-order valence-electron chi connectivity index (χ1n) is 8.04. The number of carbonyl (C=O) groups is 1. The number of carbonyl (C=O) groups excluding carboxylic acids is 1. The third-order valence-corrected chi connectivity index (χ3v) is 5.18. The van der Waals surface area contributed by atoms with Crippen LogP contribution in [0.25, 0.3) is 11.6 Å². The van der Waals surface area contributed by atoms with Crippen molar-refractivity contribution in [1.82, 2.24) is 14.8 Å². The van der Waals surface area contributed by atoms with Gasteiger partial charge in [-0.1, -0.05) is 30.3 Å². The Labute approximate surface area is 172 Å². The molecule has 0 saturated heterocycles. The zero-order valence-electron chi connectivity index (χ0n) is 14.2. The number of hydrogen-bond acceptors (Lipinski definition) is 5. The zero-order valence-corrected chi connectivity index (χ0v) is 17.4. The maximum absolute atomic E-state index is 13.2. The van der Waals surface area contributed by atoms with Crippen LogP contribution in [-0.4, -0.2) is 26.4 Å². The monoisotopic (exact) mass is 472 g/mol. The van der Waals surface area contributed by atoms with Gasteiger partial charge in [-0.2, -0.15) is 0 Å². The van der Waals surface area contributed by atoms with Gasteiger partial charge in [0.05, 0.1) is 10.8 Å². The second-order valence-electron chi connectivity index (χ2n) is 5.53. The van der Waals surface area contributed by atoms with Crippen molar-refractivity contribution in [2.45, 2.75) is 25.0 Å². The molecule has 27 heavy (non-hydrogen) atoms. The highest BCUT2D eigenvalue weighted by atomic mass is 79.9. The van der Waals surface area contributed by atoms with Crippen LogP contribution < -0.4 is 5.32 Å². The first kappa shape index (κ1) is 19.9. The molecule has 10 heteroatoms. The lowest BCUT2D eigenvalue weighted by atomic mass is 10.3. The van der Waals surface area contributed by atoms with Crippen LogP contribution in [-0.2, 0) is 11.3 Å². The van der Waals surface area contributed by atoms with Gasteiger partial charge in [-0.05, 0) is 52.7 Å². The molecule has 0 bridgehead atoms. The molecule has 1 amide bonds. The van der Waals surface area contributed by atoms with E-state index in [1.807, 2.05) is 11.5 Å². The summed E-state index contributed by atoms with van der Waals surface area (Å²) in [6.07, 6.45) is 0.876. The summed E-state index contributed by atoms with van der Waals surface area (Å²) in [6, 6.07) is 7.62. The zero-order chi connectivity index (χ0) is 19.4. The van der Waals surface area contributed by atoms with E-state index in [9.17, 15) is 9.18 Å². The second kappa shape index (κ2) is 8.90. The number of nitrogens with one attached hydrogen (secondary N) is 1. The van der Waals surface area contributed by atoms with E-state index in [2.05, 4.69) is 31.4 Å². The summed E-state index contributed by atoms with van der Waals surface area (Å²) in [5, 5.41) is 11.6. The van der Waals surface area contributed by atoms with E-state index < -0.39 is 5.82 Å². The number of hydrogen-bond donors (Lipinski definition) is 1. The van der Waals surface area contributed by atoms with Crippen molar-refractivity contribution in [2.75, 3.05) is 11.1 Å². The molecule has 0 radical (unpaired) electrons. The van der Waals surface area contributed by atoms with E-state index >= 15 is 0 Å². The first-order chi connectivity index (χ1) is 13.0. The Morgan fingerprint density at radius 1 is 1.37 bits per heavy atom. The Balaban J connectivity index is 1.69. The topological polar surface area (TPSA) is 73.0 Å². The van der Waals surface area contributed by atoms with Gasteiger partial charge in [-0.25, -0.2) is 4.39 Å². The highest BCUT2D eigenvalue weighted by molar-refractivity contribution is 9.10. The quantitative estimate of drug-likeness (QED) is 0.475. The lowest BCUT2D eigenvalue weighted by Gasteiger charge is -2.08. The number of rotatable bonds is 7. The molecule has 0 atom stereocenters. The fraction of sp³-hybridized carbons (Fsp3) is 0.235. The van der Waals surface area contributed by atoms with E-state index in [0.29, 0.717) is 33.6 Å². The molecule has 6 nitrogen and oxygen atoms in total. The number of thioether (sulfide) groups is 1. The number of benzene rings is 1. The number of halogens is 3. The second-order valence-corrected chi connectivity index (χ2v) is 7.66. The summed E-state index contributed by atoms with van der Waals surface area (Å²) in [4.78, 5) is 12.2. The number of amides is 1. The van der Waals surface area contributed by atoms with Gasteiger partial charge in [0.25, 0.3) is 0 Å². The van der Waals surface area contributed by atoms with Crippen molar-refractivity contribution in [1.29, 1.82) is 0 Å². The van der Waals surface area contributed by atoms with Gasteiger partial charge < -0.3 is 9.73 Å². The molecule has 1 N–H and O–H groups in total. The summed E-state index contributed by atoms with van der Waals surface area (Å²) in [7, 11) is 0. The van der Waals surface area contributed by atoms with Crippen LogP contribution in [0, 0.1) is 5.82 Å². The average Bonchev–Trinajstić information content (AvgIpc) is 3.23. The summed E-state index contributed by atoms with van der Waals surface area (Å²) >= 11 is 10.3. The third kappa shape index (κ3) is 4.91. The van der Waals surface area contributed by atoms with Crippen molar-refractivity contribution in [3.8, 4) is 11.6 Å². The molecular weight excluding hydrogens is 459 g/mol. The van der Waals surface area contributed by atoms with Crippen LogP contribution in [0.4, 0.5) is 10.1 Å². The van der Waals surface area contributed by atoms with Gasteiger partial charge in [0.1, 0.15) is 5.82 Å². The highest BCUT2D eigenvalue weighted by Gasteiger charge is 2.17. The van der Waals surface area contributed by atoms with Crippen molar-refractivity contribution in [3.63, 3.8) is 0 Å². The number of anilines is 1. The van der Waals surface area contributed by atoms with Gasteiger partial charge in [0.15, 0.2) is 15.6 Å². The van der Waals surface area contributed by atoms with Gasteiger partial charge in [-0.3, -0.25) is 9.36 Å². The molecule has 3 rings (SSSR count). The van der Waals surface area contributed by atoms with Crippen LogP contribution in [0.15, 0.2) is 44.6 Å². The van der Waals surface area contributed by atoms with Gasteiger partial charge >= 0.3 is 0 Å². The average molecular weight is 474 g/mol. The molecule has 2 aromatic heterocycles. The van der Waals surface area contributed by atoms with E-state index in [1.165, 1.54) is 30.0 Å². The highest BCUT2D eigenvalue weighted by Crippen LogP contribution is 2.28. The summed E-state index contributed by atoms with van der Waals surface area (Å²) in [5.74, 6) is 0.541. The van der Waals surface area contributed by atoms with Crippen LogP contribution in [0.2, 0.25) is 5.02 Å². The van der Waals surface area contributed by atoms with Crippen molar-refractivity contribution >= 4 is 50.9 Å². The van der Waals surface area contributed by atoms with Crippen molar-refractivity contribution in [2.24, 2.45) is 0 Å². The predicted molar refractivity (Wildman–Crippen MR) is 106 cm³/mol. The van der Waals surface area contributed by atoms with Crippen LogP contribution >= 0.6 is 39.3 Å². The Hall–Kier alpha value is -1.84. The third-order valence-electron chi connectivity index (χ3n) is 3.49. The Kier molecular flexibility index (Phi) is 6.56. The van der Waals surface area contributed by atoms with Crippen molar-refractivity contribution < 1.29 is 13.6 Å². The van der Waals surface area contributed by atoms with E-state index in [1.54, 1.807) is 12.1 Å². The van der Waals surface area contributed by atoms with Gasteiger partial charge in [0.2, 0.25) is 11.7 Å². The fourth-order valence-electron chi connectivity index (χ4n) is 2.34. The number of nitrogens with zero attached hydrogens (tertiary/aromatic N) is 3. The van der Waals surface area contributed by atoms with Crippen LogP contribution in [0.5, 0.6) is 0 Å². The first-order valence-corrected chi connectivity index (χ1v) is 10.2. The maximum Gasteiger partial charge on any atom is 0.234 e. The molecule has 0 fully saturated rings. The normalized spacial score (nSPS) is 11.0. The Morgan fingerprint density at radius 3 is 2.85 bits per heavy atom. The predicted octanol–water partition coefficient (Wildman–Crippen LogP) is 5.23. The molecule has 0 spiro atoms. The van der Waals surface area contributed by atoms with Gasteiger partial charge in [-0.15, -0.1) is 10.2 Å². The molecule has 0 saturated carbocycles.